The van der Waals surface area contributed by atoms with Gasteiger partial charge in [-0.25, -0.2) is 0 Å². The monoisotopic (exact) mass is 250 g/mol. The first-order valence-corrected chi connectivity index (χ1v) is 5.42. The number of ether oxygens (including phenoxy) is 2. The molecule has 0 aliphatic rings. The summed E-state index contributed by atoms with van der Waals surface area (Å²) >= 11 is 0. The molecular weight excluding hydrogens is 236 g/mol. The molecule has 0 saturated heterocycles. The van der Waals surface area contributed by atoms with E-state index < -0.39 is 0 Å². The van der Waals surface area contributed by atoms with Gasteiger partial charge in [0.1, 0.15) is 0 Å². The zero-order valence-electron chi connectivity index (χ0n) is 10.2. The number of aliphatic hydroxyl groups excluding tert-OH is 1. The Bertz CT molecular complexity index is 525. The highest BCUT2D eigenvalue weighted by Gasteiger charge is 2.08. The second kappa shape index (κ2) is 5.50. The highest BCUT2D eigenvalue weighted by atomic mass is 16.5. The third-order valence-corrected chi connectivity index (χ3v) is 2.34. The average Bonchev–Trinajstić information content (AvgIpc) is 2.81. The summed E-state index contributed by atoms with van der Waals surface area (Å²) in [4.78, 5) is 4.03. The Kier molecular flexibility index (Phi) is 3.78. The van der Waals surface area contributed by atoms with Crippen molar-refractivity contribution >= 4 is 0 Å². The summed E-state index contributed by atoms with van der Waals surface area (Å²) in [5.74, 6) is 2.08. The van der Waals surface area contributed by atoms with Crippen LogP contribution in [0.25, 0.3) is 0 Å². The summed E-state index contributed by atoms with van der Waals surface area (Å²) < 4.78 is 15.6. The molecular formula is C12H14N2O4. The van der Waals surface area contributed by atoms with E-state index in [-0.39, 0.29) is 13.2 Å². The summed E-state index contributed by atoms with van der Waals surface area (Å²) in [6.07, 6.45) is 0. The van der Waals surface area contributed by atoms with E-state index in [9.17, 15) is 0 Å². The van der Waals surface area contributed by atoms with Gasteiger partial charge in [-0.1, -0.05) is 11.2 Å². The van der Waals surface area contributed by atoms with Crippen molar-refractivity contribution in [2.75, 3.05) is 7.11 Å². The highest BCUT2D eigenvalue weighted by Crippen LogP contribution is 2.28. The first kappa shape index (κ1) is 12.4. The molecule has 0 fully saturated rings. The van der Waals surface area contributed by atoms with Gasteiger partial charge in [0.2, 0.25) is 11.7 Å². The number of benzene rings is 1. The Hall–Kier alpha value is -2.08. The third kappa shape index (κ3) is 2.78. The van der Waals surface area contributed by atoms with Crippen LogP contribution in [0.3, 0.4) is 0 Å². The van der Waals surface area contributed by atoms with Crippen LogP contribution in [-0.4, -0.2) is 22.4 Å². The maximum absolute atomic E-state index is 9.08. The second-order valence-corrected chi connectivity index (χ2v) is 3.66. The van der Waals surface area contributed by atoms with Crippen LogP contribution in [-0.2, 0) is 13.2 Å². The van der Waals surface area contributed by atoms with E-state index in [2.05, 4.69) is 10.1 Å². The normalized spacial score (nSPS) is 10.4. The van der Waals surface area contributed by atoms with Crippen molar-refractivity contribution in [3.8, 4) is 11.5 Å². The maximum atomic E-state index is 9.08. The first-order valence-electron chi connectivity index (χ1n) is 5.42. The van der Waals surface area contributed by atoms with E-state index in [0.717, 1.165) is 5.56 Å². The number of aliphatic hydroxyl groups is 1. The Labute approximate surface area is 104 Å². The summed E-state index contributed by atoms with van der Waals surface area (Å²) in [5, 5.41) is 12.8. The van der Waals surface area contributed by atoms with E-state index in [1.54, 1.807) is 32.2 Å². The van der Waals surface area contributed by atoms with Gasteiger partial charge in [-0.2, -0.15) is 4.98 Å². The molecule has 1 aromatic heterocycles. The lowest BCUT2D eigenvalue weighted by Crippen LogP contribution is -2.00. The van der Waals surface area contributed by atoms with Crippen LogP contribution in [0.15, 0.2) is 22.7 Å². The van der Waals surface area contributed by atoms with E-state index >= 15 is 0 Å². The van der Waals surface area contributed by atoms with Crippen molar-refractivity contribution in [1.29, 1.82) is 0 Å². The molecule has 0 spiro atoms. The minimum atomic E-state index is -0.0539. The lowest BCUT2D eigenvalue weighted by Gasteiger charge is -2.10. The highest BCUT2D eigenvalue weighted by molar-refractivity contribution is 5.42. The molecule has 0 aliphatic heterocycles. The van der Waals surface area contributed by atoms with Gasteiger partial charge >= 0.3 is 0 Å². The van der Waals surface area contributed by atoms with Gasteiger partial charge in [0, 0.05) is 6.92 Å². The van der Waals surface area contributed by atoms with E-state index in [1.165, 1.54) is 0 Å². The number of aryl methyl sites for hydroxylation is 1. The molecule has 18 heavy (non-hydrogen) atoms. The standard InChI is InChI=1S/C12H14N2O4/c1-8-13-12(14-18-8)7-17-11-5-9(6-15)3-4-10(11)16-2/h3-5,15H,6-7H2,1-2H3. The molecule has 0 amide bonds. The van der Waals surface area contributed by atoms with Gasteiger partial charge in [0.05, 0.1) is 13.7 Å². The van der Waals surface area contributed by atoms with Crippen LogP contribution < -0.4 is 9.47 Å². The van der Waals surface area contributed by atoms with Crippen LogP contribution in [0, 0.1) is 6.92 Å². The molecule has 0 atom stereocenters. The number of hydrogen-bond donors (Lipinski definition) is 1. The van der Waals surface area contributed by atoms with Crippen LogP contribution >= 0.6 is 0 Å². The molecule has 0 bridgehead atoms. The molecule has 0 radical (unpaired) electrons. The molecule has 0 aliphatic carbocycles. The quantitative estimate of drug-likeness (QED) is 0.865. The average molecular weight is 250 g/mol. The van der Waals surface area contributed by atoms with E-state index in [1.807, 2.05) is 0 Å². The van der Waals surface area contributed by atoms with Gasteiger partial charge in [0.15, 0.2) is 18.1 Å². The van der Waals surface area contributed by atoms with Gasteiger partial charge in [-0.15, -0.1) is 0 Å². The minimum absolute atomic E-state index is 0.0539. The second-order valence-electron chi connectivity index (χ2n) is 3.66. The van der Waals surface area contributed by atoms with E-state index in [4.69, 9.17) is 19.1 Å². The fourth-order valence-electron chi connectivity index (χ4n) is 1.47. The predicted octanol–water partition coefficient (Wildman–Crippen LogP) is 1.46. The summed E-state index contributed by atoms with van der Waals surface area (Å²) in [7, 11) is 1.55. The van der Waals surface area contributed by atoms with E-state index in [0.29, 0.717) is 23.2 Å². The topological polar surface area (TPSA) is 77.6 Å². The SMILES string of the molecule is COc1ccc(CO)cc1OCc1noc(C)n1. The number of methoxy groups -OCH3 is 1. The third-order valence-electron chi connectivity index (χ3n) is 2.34. The van der Waals surface area contributed by atoms with Crippen molar-refractivity contribution in [1.82, 2.24) is 10.1 Å². The number of aromatic nitrogens is 2. The van der Waals surface area contributed by atoms with Crippen molar-refractivity contribution in [2.45, 2.75) is 20.1 Å². The zero-order valence-corrected chi connectivity index (χ0v) is 10.2. The van der Waals surface area contributed by atoms with Crippen molar-refractivity contribution in [2.24, 2.45) is 0 Å². The minimum Gasteiger partial charge on any atom is -0.493 e. The van der Waals surface area contributed by atoms with Gasteiger partial charge in [-0.3, -0.25) is 0 Å². The molecule has 1 aromatic carbocycles. The molecule has 1 N–H and O–H groups in total. The molecule has 0 unspecified atom stereocenters. The van der Waals surface area contributed by atoms with Crippen LogP contribution in [0.4, 0.5) is 0 Å². The van der Waals surface area contributed by atoms with Gasteiger partial charge in [0.25, 0.3) is 0 Å². The van der Waals surface area contributed by atoms with Crippen molar-refractivity contribution in [3.63, 3.8) is 0 Å². The Balaban J connectivity index is 2.11. The van der Waals surface area contributed by atoms with Crippen LogP contribution in [0.5, 0.6) is 11.5 Å². The summed E-state index contributed by atoms with van der Waals surface area (Å²) in [6, 6.07) is 5.22. The van der Waals surface area contributed by atoms with Gasteiger partial charge in [-0.05, 0) is 17.7 Å². The fraction of sp³-hybridized carbons (Fsp3) is 0.333. The molecule has 0 saturated carbocycles. The molecule has 1 heterocycles. The van der Waals surface area contributed by atoms with Crippen LogP contribution in [0.2, 0.25) is 0 Å². The lowest BCUT2D eigenvalue weighted by molar-refractivity contribution is 0.263. The number of rotatable bonds is 5. The number of nitrogens with zero attached hydrogens (tertiary/aromatic N) is 2. The largest absolute Gasteiger partial charge is 0.493 e. The van der Waals surface area contributed by atoms with Crippen molar-refractivity contribution < 1.29 is 19.1 Å². The van der Waals surface area contributed by atoms with Gasteiger partial charge < -0.3 is 19.1 Å². The Morgan fingerprint density at radius 2 is 2.17 bits per heavy atom. The Morgan fingerprint density at radius 3 is 2.78 bits per heavy atom. The first-order chi connectivity index (χ1) is 8.72. The Morgan fingerprint density at radius 1 is 1.33 bits per heavy atom. The predicted molar refractivity (Wildman–Crippen MR) is 62.3 cm³/mol. The maximum Gasteiger partial charge on any atom is 0.223 e. The summed E-state index contributed by atoms with van der Waals surface area (Å²) in [5.41, 5.74) is 0.745. The molecule has 96 valence electrons. The number of hydrogen-bond acceptors (Lipinski definition) is 6. The zero-order chi connectivity index (χ0) is 13.0. The van der Waals surface area contributed by atoms with Crippen LogP contribution in [0.1, 0.15) is 17.3 Å². The summed E-state index contributed by atoms with van der Waals surface area (Å²) in [6.45, 7) is 1.84. The van der Waals surface area contributed by atoms with Crippen molar-refractivity contribution in [3.05, 3.63) is 35.5 Å². The molecule has 6 nitrogen and oxygen atoms in total. The molecule has 2 aromatic rings. The molecule has 6 heteroatoms. The lowest BCUT2D eigenvalue weighted by atomic mass is 10.2. The fourth-order valence-corrected chi connectivity index (χ4v) is 1.47. The molecule has 2 rings (SSSR count). The smallest absolute Gasteiger partial charge is 0.223 e.